The van der Waals surface area contributed by atoms with Gasteiger partial charge in [0.1, 0.15) is 0 Å². The predicted octanol–water partition coefficient (Wildman–Crippen LogP) is 1.36. The van der Waals surface area contributed by atoms with Crippen LogP contribution >= 0.6 is 0 Å². The third kappa shape index (κ3) is 1.32. The molecule has 23 heavy (non-hydrogen) atoms. The van der Waals surface area contributed by atoms with E-state index in [1.165, 1.54) is 11.1 Å². The van der Waals surface area contributed by atoms with Crippen LogP contribution in [-0.4, -0.2) is 44.3 Å². The van der Waals surface area contributed by atoms with E-state index in [0.29, 0.717) is 6.42 Å². The summed E-state index contributed by atoms with van der Waals surface area (Å²) in [5, 5.41) is 3.64. The number of piperidine rings is 1. The van der Waals surface area contributed by atoms with Crippen molar-refractivity contribution in [2.75, 3.05) is 20.8 Å². The minimum Gasteiger partial charge on any atom is -0.493 e. The lowest BCUT2D eigenvalue weighted by Gasteiger charge is -2.61. The van der Waals surface area contributed by atoms with Crippen LogP contribution in [0.3, 0.4) is 0 Å². The van der Waals surface area contributed by atoms with Gasteiger partial charge in [-0.05, 0) is 37.4 Å². The standard InChI is InChI=1S/C18H21NO4/c1-21-12-4-3-10-9-13-18(22-2)6-5-11(20)16-17(18,7-8-19-13)14(10)15(12)23-16/h3-4,13,16,19H,5-9H2,1-2H3/t13-,16?,17+,18-/m1/s1. The average Bonchev–Trinajstić information content (AvgIpc) is 2.91. The van der Waals surface area contributed by atoms with Gasteiger partial charge in [0.05, 0.1) is 18.1 Å². The number of carbonyl (C=O) groups excluding carboxylic acids is 1. The number of hydrogen-bond acceptors (Lipinski definition) is 5. The highest BCUT2D eigenvalue weighted by molar-refractivity contribution is 5.90. The zero-order valence-electron chi connectivity index (χ0n) is 13.5. The average molecular weight is 315 g/mol. The second-order valence-electron chi connectivity index (χ2n) is 7.12. The molecule has 1 spiro atoms. The van der Waals surface area contributed by atoms with E-state index in [0.717, 1.165) is 37.3 Å². The highest BCUT2D eigenvalue weighted by atomic mass is 16.5. The molecule has 0 radical (unpaired) electrons. The summed E-state index contributed by atoms with van der Waals surface area (Å²) in [6, 6.07) is 4.32. The molecule has 1 saturated carbocycles. The lowest BCUT2D eigenvalue weighted by Crippen LogP contribution is -2.76. The van der Waals surface area contributed by atoms with Crippen LogP contribution in [0.2, 0.25) is 0 Å². The molecule has 4 atom stereocenters. The Kier molecular flexibility index (Phi) is 2.57. The number of methoxy groups -OCH3 is 2. The highest BCUT2D eigenvalue weighted by Gasteiger charge is 2.72. The van der Waals surface area contributed by atoms with Crippen molar-refractivity contribution in [3.63, 3.8) is 0 Å². The van der Waals surface area contributed by atoms with E-state index in [9.17, 15) is 4.79 Å². The van der Waals surface area contributed by atoms with E-state index in [2.05, 4.69) is 11.4 Å². The maximum Gasteiger partial charge on any atom is 0.174 e. The van der Waals surface area contributed by atoms with Crippen LogP contribution in [0, 0.1) is 0 Å². The van der Waals surface area contributed by atoms with Crippen LogP contribution in [0.4, 0.5) is 0 Å². The third-order valence-electron chi connectivity index (χ3n) is 6.61. The van der Waals surface area contributed by atoms with Crippen molar-refractivity contribution < 1.29 is 19.0 Å². The van der Waals surface area contributed by atoms with Gasteiger partial charge in [-0.1, -0.05) is 6.07 Å². The first kappa shape index (κ1) is 13.8. The van der Waals surface area contributed by atoms with Gasteiger partial charge in [0.2, 0.25) is 0 Å². The number of hydrogen-bond donors (Lipinski definition) is 1. The maximum absolute atomic E-state index is 12.7. The van der Waals surface area contributed by atoms with Gasteiger partial charge >= 0.3 is 0 Å². The van der Waals surface area contributed by atoms with Crippen LogP contribution in [0.1, 0.15) is 30.4 Å². The van der Waals surface area contributed by atoms with E-state index in [-0.39, 0.29) is 22.8 Å². The van der Waals surface area contributed by atoms with Crippen LogP contribution in [0.15, 0.2) is 12.1 Å². The van der Waals surface area contributed by atoms with Crippen molar-refractivity contribution in [3.05, 3.63) is 23.3 Å². The third-order valence-corrected chi connectivity index (χ3v) is 6.61. The van der Waals surface area contributed by atoms with Crippen LogP contribution in [0.25, 0.3) is 0 Å². The summed E-state index contributed by atoms with van der Waals surface area (Å²) in [6.07, 6.45) is 2.61. The van der Waals surface area contributed by atoms with Gasteiger partial charge < -0.3 is 19.5 Å². The number of rotatable bonds is 2. The Bertz CT molecular complexity index is 717. The van der Waals surface area contributed by atoms with Crippen LogP contribution < -0.4 is 14.8 Å². The van der Waals surface area contributed by atoms with Gasteiger partial charge in [0.25, 0.3) is 0 Å². The van der Waals surface area contributed by atoms with Gasteiger partial charge in [0.15, 0.2) is 23.4 Å². The Morgan fingerprint density at radius 2 is 2.17 bits per heavy atom. The van der Waals surface area contributed by atoms with Crippen molar-refractivity contribution in [3.8, 4) is 11.5 Å². The summed E-state index contributed by atoms with van der Waals surface area (Å²) in [6.45, 7) is 0.888. The largest absolute Gasteiger partial charge is 0.493 e. The Labute approximate surface area is 135 Å². The van der Waals surface area contributed by atoms with Crippen LogP contribution in [-0.2, 0) is 21.4 Å². The highest BCUT2D eigenvalue weighted by Crippen LogP contribution is 2.64. The first-order chi connectivity index (χ1) is 11.2. The fourth-order valence-corrected chi connectivity index (χ4v) is 5.77. The normalized spacial score (nSPS) is 39.7. The Balaban J connectivity index is 1.87. The molecule has 1 saturated heterocycles. The maximum atomic E-state index is 12.7. The molecule has 0 amide bonds. The van der Waals surface area contributed by atoms with Crippen molar-refractivity contribution in [2.45, 2.75) is 48.8 Å². The van der Waals surface area contributed by atoms with Gasteiger partial charge in [-0.3, -0.25) is 4.79 Å². The molecular weight excluding hydrogens is 294 g/mol. The molecule has 2 fully saturated rings. The minimum atomic E-state index is -0.439. The summed E-state index contributed by atoms with van der Waals surface area (Å²) in [5.41, 5.74) is 1.70. The second-order valence-corrected chi connectivity index (χ2v) is 7.12. The SMILES string of the molecule is COc1ccc2c3c1OC1C(=O)CC[C@@]4(OC)[C@@H](C2)NCC[C@]314. The molecule has 5 rings (SSSR count). The minimum absolute atomic E-state index is 0.199. The number of benzene rings is 1. The summed E-state index contributed by atoms with van der Waals surface area (Å²) in [4.78, 5) is 12.7. The van der Waals surface area contributed by atoms with E-state index < -0.39 is 6.10 Å². The molecule has 5 nitrogen and oxygen atoms in total. The van der Waals surface area contributed by atoms with Crippen molar-refractivity contribution in [2.24, 2.45) is 0 Å². The lowest BCUT2D eigenvalue weighted by molar-refractivity contribution is -0.177. The Morgan fingerprint density at radius 3 is 2.96 bits per heavy atom. The molecule has 2 bridgehead atoms. The Morgan fingerprint density at radius 1 is 1.30 bits per heavy atom. The number of carbonyl (C=O) groups is 1. The molecule has 1 N–H and O–H groups in total. The topological polar surface area (TPSA) is 56.8 Å². The molecule has 2 heterocycles. The molecule has 2 aliphatic heterocycles. The summed E-state index contributed by atoms with van der Waals surface area (Å²) < 4.78 is 18.0. The monoisotopic (exact) mass is 315 g/mol. The molecule has 1 aromatic carbocycles. The van der Waals surface area contributed by atoms with Crippen molar-refractivity contribution in [1.82, 2.24) is 5.32 Å². The number of nitrogens with one attached hydrogen (secondary N) is 1. The number of ether oxygens (including phenoxy) is 3. The quantitative estimate of drug-likeness (QED) is 0.893. The number of Topliss-reactive ketones (excluding diaryl/α,β-unsaturated/α-hetero) is 1. The predicted molar refractivity (Wildman–Crippen MR) is 83.2 cm³/mol. The van der Waals surface area contributed by atoms with Crippen LogP contribution in [0.5, 0.6) is 11.5 Å². The van der Waals surface area contributed by atoms with Gasteiger partial charge in [-0.15, -0.1) is 0 Å². The van der Waals surface area contributed by atoms with Gasteiger partial charge in [-0.25, -0.2) is 0 Å². The van der Waals surface area contributed by atoms with E-state index in [1.807, 2.05) is 6.07 Å². The van der Waals surface area contributed by atoms with E-state index in [4.69, 9.17) is 14.2 Å². The molecule has 122 valence electrons. The molecule has 1 aromatic rings. The van der Waals surface area contributed by atoms with Gasteiger partial charge in [-0.2, -0.15) is 0 Å². The fraction of sp³-hybridized carbons (Fsp3) is 0.611. The van der Waals surface area contributed by atoms with E-state index in [1.54, 1.807) is 14.2 Å². The fourth-order valence-electron chi connectivity index (χ4n) is 5.77. The van der Waals surface area contributed by atoms with Crippen molar-refractivity contribution in [1.29, 1.82) is 0 Å². The van der Waals surface area contributed by atoms with Gasteiger partial charge in [0, 0.05) is 25.1 Å². The van der Waals surface area contributed by atoms with E-state index >= 15 is 0 Å². The van der Waals surface area contributed by atoms with Crippen molar-refractivity contribution >= 4 is 5.78 Å². The smallest absolute Gasteiger partial charge is 0.174 e. The zero-order chi connectivity index (χ0) is 15.8. The first-order valence-corrected chi connectivity index (χ1v) is 8.36. The Hall–Kier alpha value is -1.59. The number of ketones is 1. The molecule has 0 aromatic heterocycles. The summed E-state index contributed by atoms with van der Waals surface area (Å²) >= 11 is 0. The summed E-state index contributed by atoms with van der Waals surface area (Å²) in [5.74, 6) is 1.69. The summed E-state index contributed by atoms with van der Waals surface area (Å²) in [7, 11) is 3.44. The molecule has 5 heteroatoms. The molecular formula is C18H21NO4. The lowest BCUT2D eigenvalue weighted by atomic mass is 9.49. The molecule has 4 aliphatic rings. The zero-order valence-corrected chi connectivity index (χ0v) is 13.5. The first-order valence-electron chi connectivity index (χ1n) is 8.36. The molecule has 1 unspecified atom stereocenters. The molecule has 2 aliphatic carbocycles. The second kappa shape index (κ2) is 4.28.